The van der Waals surface area contributed by atoms with Crippen LogP contribution in [0.2, 0.25) is 0 Å². The minimum Gasteiger partial charge on any atom is -0.458 e. The largest absolute Gasteiger partial charge is 0.458 e. The number of nitrogens with two attached hydrogens (primary N) is 1. The zero-order valence-corrected chi connectivity index (χ0v) is 17.7. The molecule has 3 aliphatic carbocycles. The van der Waals surface area contributed by atoms with E-state index in [1.165, 1.54) is 44.8 Å². The van der Waals surface area contributed by atoms with E-state index in [0.29, 0.717) is 22.5 Å². The SMILES string of the molecule is Cc1coc(C(N)=O)c1C1=C[C@@]2(C)C(CC[C@@H]3[C@H]2CC[C@]2(C)CCC[C@@H]32)NC1=O. The van der Waals surface area contributed by atoms with Gasteiger partial charge in [0, 0.05) is 22.6 Å². The van der Waals surface area contributed by atoms with Crippen molar-refractivity contribution in [2.75, 3.05) is 0 Å². The van der Waals surface area contributed by atoms with E-state index in [1.54, 1.807) is 0 Å². The number of aryl methyl sites for hydroxylation is 1. The minimum atomic E-state index is -0.630. The Kier molecular flexibility index (Phi) is 4.07. The summed E-state index contributed by atoms with van der Waals surface area (Å²) in [7, 11) is 0. The lowest BCUT2D eigenvalue weighted by Crippen LogP contribution is -2.59. The van der Waals surface area contributed by atoms with Crippen molar-refractivity contribution >= 4 is 17.4 Å². The highest BCUT2D eigenvalue weighted by molar-refractivity contribution is 6.22. The van der Waals surface area contributed by atoms with Crippen molar-refractivity contribution in [1.29, 1.82) is 0 Å². The molecule has 1 aliphatic heterocycles. The Labute approximate surface area is 172 Å². The van der Waals surface area contributed by atoms with Gasteiger partial charge in [-0.1, -0.05) is 26.3 Å². The lowest BCUT2D eigenvalue weighted by molar-refractivity contribution is -0.120. The second-order valence-electron chi connectivity index (χ2n) is 10.5. The Morgan fingerprint density at radius 2 is 1.97 bits per heavy atom. The average molecular weight is 397 g/mol. The van der Waals surface area contributed by atoms with Crippen molar-refractivity contribution in [2.24, 2.45) is 34.3 Å². The summed E-state index contributed by atoms with van der Waals surface area (Å²) in [6.07, 6.45) is 12.5. The van der Waals surface area contributed by atoms with Gasteiger partial charge in [0.2, 0.25) is 0 Å². The summed E-state index contributed by atoms with van der Waals surface area (Å²) in [4.78, 5) is 24.9. The number of amides is 2. The van der Waals surface area contributed by atoms with Crippen molar-refractivity contribution in [3.05, 3.63) is 29.2 Å². The molecule has 0 saturated heterocycles. The van der Waals surface area contributed by atoms with Crippen LogP contribution in [0.1, 0.15) is 80.5 Å². The Bertz CT molecular complexity index is 915. The first-order valence-corrected chi connectivity index (χ1v) is 11.2. The summed E-state index contributed by atoms with van der Waals surface area (Å²) in [5, 5.41) is 3.29. The predicted molar refractivity (Wildman–Crippen MR) is 111 cm³/mol. The highest BCUT2D eigenvalue weighted by Gasteiger charge is 2.58. The summed E-state index contributed by atoms with van der Waals surface area (Å²) in [6, 6.07) is 0.162. The van der Waals surface area contributed by atoms with Crippen LogP contribution in [0, 0.1) is 35.5 Å². The third kappa shape index (κ3) is 2.58. The fourth-order valence-corrected chi connectivity index (χ4v) is 7.58. The van der Waals surface area contributed by atoms with Crippen molar-refractivity contribution in [3.63, 3.8) is 0 Å². The first-order valence-electron chi connectivity index (χ1n) is 11.2. The maximum absolute atomic E-state index is 13.0. The normalized spacial score (nSPS) is 41.1. The molecule has 3 fully saturated rings. The maximum Gasteiger partial charge on any atom is 0.285 e. The van der Waals surface area contributed by atoms with Gasteiger partial charge in [0.05, 0.1) is 6.26 Å². The molecule has 156 valence electrons. The highest BCUT2D eigenvalue weighted by atomic mass is 16.3. The number of carbonyl (C=O) groups excluding carboxylic acids is 2. The molecule has 0 radical (unpaired) electrons. The van der Waals surface area contributed by atoms with Crippen LogP contribution in [0.15, 0.2) is 16.8 Å². The van der Waals surface area contributed by atoms with E-state index in [1.807, 2.05) is 6.92 Å². The third-order valence-corrected chi connectivity index (χ3v) is 9.03. The number of carbonyl (C=O) groups is 2. The molecule has 6 atom stereocenters. The number of rotatable bonds is 2. The molecule has 1 aromatic heterocycles. The highest BCUT2D eigenvalue weighted by Crippen LogP contribution is 2.63. The van der Waals surface area contributed by atoms with Crippen LogP contribution in [0.25, 0.3) is 5.57 Å². The number of primary amides is 1. The van der Waals surface area contributed by atoms with E-state index < -0.39 is 5.91 Å². The smallest absolute Gasteiger partial charge is 0.285 e. The second-order valence-corrected chi connectivity index (χ2v) is 10.5. The molecule has 2 heterocycles. The summed E-state index contributed by atoms with van der Waals surface area (Å²) in [6.45, 7) is 6.69. The van der Waals surface area contributed by atoms with Crippen molar-refractivity contribution < 1.29 is 14.0 Å². The van der Waals surface area contributed by atoms with Crippen LogP contribution >= 0.6 is 0 Å². The van der Waals surface area contributed by atoms with Gasteiger partial charge in [0.25, 0.3) is 11.8 Å². The standard InChI is InChI=1S/C24H32N2O3/c1-13-12-29-20(21(25)27)19(13)15-11-24(3)17-8-10-23(2)9-4-5-16(23)14(17)6-7-18(24)26-22(15)28/h11-12,14,16-18H,4-10H2,1-3H3,(H2,25,27)(H,26,28)/t14-,16-,17+,18?,23-,24+/m0/s1. The third-order valence-electron chi connectivity index (χ3n) is 9.03. The molecular formula is C24H32N2O3. The average Bonchev–Trinajstić information content (AvgIpc) is 3.24. The molecule has 5 heteroatoms. The summed E-state index contributed by atoms with van der Waals surface area (Å²) in [5.41, 5.74) is 7.85. The predicted octanol–water partition coefficient (Wildman–Crippen LogP) is 4.20. The van der Waals surface area contributed by atoms with Gasteiger partial charge in [-0.05, 0) is 74.2 Å². The van der Waals surface area contributed by atoms with Gasteiger partial charge in [-0.2, -0.15) is 0 Å². The molecule has 0 aromatic carbocycles. The van der Waals surface area contributed by atoms with Crippen molar-refractivity contribution in [2.45, 2.75) is 71.8 Å². The number of furan rings is 1. The van der Waals surface area contributed by atoms with Crippen LogP contribution in [0.4, 0.5) is 0 Å². The van der Waals surface area contributed by atoms with E-state index >= 15 is 0 Å². The Morgan fingerprint density at radius 3 is 2.72 bits per heavy atom. The topological polar surface area (TPSA) is 85.3 Å². The maximum atomic E-state index is 13.0. The molecule has 5 rings (SSSR count). The Balaban J connectivity index is 1.59. The lowest BCUT2D eigenvalue weighted by atomic mass is 9.48. The molecule has 1 unspecified atom stereocenters. The van der Waals surface area contributed by atoms with Crippen molar-refractivity contribution in [3.8, 4) is 0 Å². The van der Waals surface area contributed by atoms with E-state index in [2.05, 4.69) is 25.2 Å². The number of hydrogen-bond acceptors (Lipinski definition) is 3. The Morgan fingerprint density at radius 1 is 1.17 bits per heavy atom. The molecule has 4 aliphatic rings. The first-order chi connectivity index (χ1) is 13.7. The summed E-state index contributed by atoms with van der Waals surface area (Å²) >= 11 is 0. The number of hydrogen-bond donors (Lipinski definition) is 2. The van der Waals surface area contributed by atoms with E-state index in [4.69, 9.17) is 10.2 Å². The van der Waals surface area contributed by atoms with Gasteiger partial charge in [-0.15, -0.1) is 0 Å². The van der Waals surface area contributed by atoms with Gasteiger partial charge in [0.1, 0.15) is 0 Å². The fraction of sp³-hybridized carbons (Fsp3) is 0.667. The Hall–Kier alpha value is -2.04. The molecule has 3 saturated carbocycles. The van der Waals surface area contributed by atoms with Gasteiger partial charge in [-0.25, -0.2) is 0 Å². The van der Waals surface area contributed by atoms with Crippen LogP contribution in [-0.2, 0) is 4.79 Å². The molecule has 29 heavy (non-hydrogen) atoms. The molecular weight excluding hydrogens is 364 g/mol. The van der Waals surface area contributed by atoms with Gasteiger partial charge < -0.3 is 15.5 Å². The number of fused-ring (bicyclic) bond motifs is 5. The molecule has 1 aromatic rings. The van der Waals surface area contributed by atoms with Crippen LogP contribution in [0.3, 0.4) is 0 Å². The molecule has 0 spiro atoms. The van der Waals surface area contributed by atoms with Gasteiger partial charge in [-0.3, -0.25) is 9.59 Å². The zero-order valence-electron chi connectivity index (χ0n) is 17.7. The first kappa shape index (κ1) is 19.0. The minimum absolute atomic E-state index is 0.0883. The van der Waals surface area contributed by atoms with Crippen LogP contribution < -0.4 is 11.1 Å². The molecule has 2 amide bonds. The summed E-state index contributed by atoms with van der Waals surface area (Å²) in [5.74, 6) is 1.45. The second kappa shape index (κ2) is 6.23. The lowest BCUT2D eigenvalue weighted by Gasteiger charge is -2.58. The van der Waals surface area contributed by atoms with Crippen LogP contribution in [-0.4, -0.2) is 17.9 Å². The van der Waals surface area contributed by atoms with Gasteiger partial charge >= 0.3 is 0 Å². The zero-order chi connectivity index (χ0) is 20.6. The number of nitrogens with one attached hydrogen (secondary N) is 1. The monoisotopic (exact) mass is 396 g/mol. The van der Waals surface area contributed by atoms with E-state index in [-0.39, 0.29) is 23.1 Å². The quantitative estimate of drug-likeness (QED) is 0.785. The molecule has 0 bridgehead atoms. The van der Waals surface area contributed by atoms with Crippen molar-refractivity contribution in [1.82, 2.24) is 5.32 Å². The molecule has 3 N–H and O–H groups in total. The van der Waals surface area contributed by atoms with E-state index in [9.17, 15) is 9.59 Å². The van der Waals surface area contributed by atoms with Gasteiger partial charge in [0.15, 0.2) is 5.76 Å². The van der Waals surface area contributed by atoms with E-state index in [0.717, 1.165) is 23.8 Å². The summed E-state index contributed by atoms with van der Waals surface area (Å²) < 4.78 is 5.41. The fourth-order valence-electron chi connectivity index (χ4n) is 7.58. The van der Waals surface area contributed by atoms with Crippen LogP contribution in [0.5, 0.6) is 0 Å². The molecule has 5 nitrogen and oxygen atoms in total.